The van der Waals surface area contributed by atoms with Crippen LogP contribution in [0.5, 0.6) is 5.75 Å². The molecule has 25 heavy (non-hydrogen) atoms. The molecule has 6 nitrogen and oxygen atoms in total. The molecule has 1 unspecified atom stereocenters. The van der Waals surface area contributed by atoms with Gasteiger partial charge in [-0.3, -0.25) is 9.88 Å². The number of fused-ring (bicyclic) bond motifs is 1. The average molecular weight is 338 g/mol. The molecule has 1 fully saturated rings. The maximum absolute atomic E-state index is 5.56. The Morgan fingerprint density at radius 1 is 1.28 bits per heavy atom. The first-order chi connectivity index (χ1) is 12.3. The number of hydrogen-bond acceptors (Lipinski definition) is 6. The zero-order valence-corrected chi connectivity index (χ0v) is 14.4. The third-order valence-corrected chi connectivity index (χ3v) is 4.66. The van der Waals surface area contributed by atoms with E-state index in [0.29, 0.717) is 12.5 Å². The van der Waals surface area contributed by atoms with E-state index < -0.39 is 0 Å². The Labute approximate surface area is 146 Å². The summed E-state index contributed by atoms with van der Waals surface area (Å²) in [5.41, 5.74) is 2.10. The number of hydrogen-bond donors (Lipinski definition) is 0. The Morgan fingerprint density at radius 3 is 3.08 bits per heavy atom. The minimum absolute atomic E-state index is 0.349. The molecule has 0 aliphatic carbocycles. The summed E-state index contributed by atoms with van der Waals surface area (Å²) in [7, 11) is 0. The quantitative estimate of drug-likeness (QED) is 0.710. The van der Waals surface area contributed by atoms with Crippen LogP contribution in [-0.2, 0) is 6.54 Å². The van der Waals surface area contributed by atoms with E-state index in [-0.39, 0.29) is 0 Å². The highest BCUT2D eigenvalue weighted by molar-refractivity contribution is 5.80. The monoisotopic (exact) mass is 338 g/mol. The molecule has 130 valence electrons. The molecule has 1 aliphatic heterocycles. The molecule has 1 saturated heterocycles. The van der Waals surface area contributed by atoms with Crippen LogP contribution in [0, 0.1) is 0 Å². The lowest BCUT2D eigenvalue weighted by molar-refractivity contribution is 0.193. The van der Waals surface area contributed by atoms with Gasteiger partial charge in [-0.05, 0) is 50.6 Å². The second-order valence-corrected chi connectivity index (χ2v) is 6.45. The van der Waals surface area contributed by atoms with Crippen molar-refractivity contribution in [3.05, 3.63) is 48.2 Å². The van der Waals surface area contributed by atoms with Gasteiger partial charge in [0, 0.05) is 24.4 Å². The maximum Gasteiger partial charge on any atom is 0.213 e. The molecule has 6 heteroatoms. The maximum atomic E-state index is 5.56. The summed E-state index contributed by atoms with van der Waals surface area (Å²) in [4.78, 5) is 11.4. The molecule has 0 spiro atoms. The molecule has 3 heterocycles. The van der Waals surface area contributed by atoms with Gasteiger partial charge in [-0.25, -0.2) is 0 Å². The molecule has 0 amide bonds. The van der Waals surface area contributed by atoms with Crippen LogP contribution in [0.2, 0.25) is 0 Å². The molecule has 0 radical (unpaired) electrons. The van der Waals surface area contributed by atoms with Crippen LogP contribution in [0.1, 0.15) is 37.2 Å². The highest BCUT2D eigenvalue weighted by Gasteiger charge is 2.24. The molecular weight excluding hydrogens is 316 g/mol. The van der Waals surface area contributed by atoms with Crippen molar-refractivity contribution in [2.75, 3.05) is 19.7 Å². The summed E-state index contributed by atoms with van der Waals surface area (Å²) in [6.07, 6.45) is 3.67. The standard InChI is InChI=1S/C19H22N4O2/c1-2-24-17-7-8-18-14(10-17)5-6-16(21-18)12-23-9-3-4-15(11-23)19-20-13-25-22-19/h5-8,10,13,15H,2-4,9,11-12H2,1H3. The van der Waals surface area contributed by atoms with Gasteiger partial charge in [-0.15, -0.1) is 0 Å². The smallest absolute Gasteiger partial charge is 0.213 e. The number of ether oxygens (including phenoxy) is 1. The van der Waals surface area contributed by atoms with Gasteiger partial charge in [0.15, 0.2) is 5.82 Å². The molecule has 4 rings (SSSR count). The summed E-state index contributed by atoms with van der Waals surface area (Å²) in [6, 6.07) is 10.3. The molecular formula is C19H22N4O2. The number of aromatic nitrogens is 3. The van der Waals surface area contributed by atoms with Crippen molar-refractivity contribution in [3.63, 3.8) is 0 Å². The highest BCUT2D eigenvalue weighted by Crippen LogP contribution is 2.26. The van der Waals surface area contributed by atoms with Gasteiger partial charge < -0.3 is 9.26 Å². The Balaban J connectivity index is 1.47. The van der Waals surface area contributed by atoms with Crippen LogP contribution >= 0.6 is 0 Å². The molecule has 0 saturated carbocycles. The summed E-state index contributed by atoms with van der Waals surface area (Å²) in [5, 5.41) is 5.11. The number of rotatable bonds is 5. The first-order valence-electron chi connectivity index (χ1n) is 8.83. The Hall–Kier alpha value is -2.47. The van der Waals surface area contributed by atoms with Crippen LogP contribution in [0.3, 0.4) is 0 Å². The number of pyridine rings is 1. The van der Waals surface area contributed by atoms with Crippen LogP contribution in [-0.4, -0.2) is 39.7 Å². The van der Waals surface area contributed by atoms with Gasteiger partial charge in [0.25, 0.3) is 0 Å². The molecule has 0 N–H and O–H groups in total. The highest BCUT2D eigenvalue weighted by atomic mass is 16.5. The third kappa shape index (κ3) is 3.64. The van der Waals surface area contributed by atoms with Gasteiger partial charge in [-0.1, -0.05) is 11.2 Å². The third-order valence-electron chi connectivity index (χ3n) is 4.66. The fraction of sp³-hybridized carbons (Fsp3) is 0.421. The van der Waals surface area contributed by atoms with Crippen molar-refractivity contribution < 1.29 is 9.26 Å². The molecule has 1 atom stereocenters. The van der Waals surface area contributed by atoms with Crippen LogP contribution in [0.15, 0.2) is 41.2 Å². The summed E-state index contributed by atoms with van der Waals surface area (Å²) in [6.45, 7) is 5.54. The van der Waals surface area contributed by atoms with Crippen LogP contribution < -0.4 is 4.74 Å². The summed E-state index contributed by atoms with van der Waals surface area (Å²) < 4.78 is 10.5. The second kappa shape index (κ2) is 7.19. The number of benzene rings is 1. The van der Waals surface area contributed by atoms with Crippen molar-refractivity contribution in [1.82, 2.24) is 20.0 Å². The van der Waals surface area contributed by atoms with Crippen molar-refractivity contribution >= 4 is 10.9 Å². The first-order valence-corrected chi connectivity index (χ1v) is 8.83. The largest absolute Gasteiger partial charge is 0.494 e. The van der Waals surface area contributed by atoms with E-state index in [1.54, 1.807) is 0 Å². The fourth-order valence-corrected chi connectivity index (χ4v) is 3.49. The van der Waals surface area contributed by atoms with Crippen molar-refractivity contribution in [2.45, 2.75) is 32.2 Å². The number of nitrogens with zero attached hydrogens (tertiary/aromatic N) is 4. The summed E-state index contributed by atoms with van der Waals surface area (Å²) >= 11 is 0. The fourth-order valence-electron chi connectivity index (χ4n) is 3.49. The van der Waals surface area contributed by atoms with Crippen LogP contribution in [0.4, 0.5) is 0 Å². The van der Waals surface area contributed by atoms with E-state index in [9.17, 15) is 0 Å². The Kier molecular flexibility index (Phi) is 4.61. The van der Waals surface area contributed by atoms with Crippen molar-refractivity contribution in [1.29, 1.82) is 0 Å². The summed E-state index contributed by atoms with van der Waals surface area (Å²) in [5.74, 6) is 2.06. The van der Waals surface area contributed by atoms with Crippen molar-refractivity contribution in [3.8, 4) is 5.75 Å². The topological polar surface area (TPSA) is 64.3 Å². The van der Waals surface area contributed by atoms with E-state index >= 15 is 0 Å². The normalized spacial score (nSPS) is 18.5. The zero-order valence-electron chi connectivity index (χ0n) is 14.4. The molecule has 0 bridgehead atoms. The SMILES string of the molecule is CCOc1ccc2nc(CN3CCCC(c4ncon4)C3)ccc2c1. The minimum atomic E-state index is 0.349. The molecule has 1 aromatic carbocycles. The minimum Gasteiger partial charge on any atom is -0.494 e. The lowest BCUT2D eigenvalue weighted by Crippen LogP contribution is -2.34. The van der Waals surface area contributed by atoms with E-state index in [2.05, 4.69) is 27.2 Å². The van der Waals surface area contributed by atoms with E-state index in [0.717, 1.165) is 60.6 Å². The van der Waals surface area contributed by atoms with Gasteiger partial charge in [0.2, 0.25) is 6.39 Å². The Morgan fingerprint density at radius 2 is 2.24 bits per heavy atom. The van der Waals surface area contributed by atoms with E-state index in [4.69, 9.17) is 14.2 Å². The average Bonchev–Trinajstić information content (AvgIpc) is 3.17. The predicted molar refractivity (Wildman–Crippen MR) is 94.5 cm³/mol. The Bertz CT molecular complexity index is 835. The van der Waals surface area contributed by atoms with Gasteiger partial charge in [-0.2, -0.15) is 4.98 Å². The molecule has 1 aliphatic rings. The number of likely N-dealkylation sites (tertiary alicyclic amines) is 1. The molecule has 3 aromatic rings. The lowest BCUT2D eigenvalue weighted by Gasteiger charge is -2.30. The van der Waals surface area contributed by atoms with Gasteiger partial charge in [0.05, 0.1) is 17.8 Å². The van der Waals surface area contributed by atoms with Crippen LogP contribution in [0.25, 0.3) is 10.9 Å². The number of piperidine rings is 1. The first kappa shape index (κ1) is 16.0. The van der Waals surface area contributed by atoms with Gasteiger partial charge >= 0.3 is 0 Å². The van der Waals surface area contributed by atoms with E-state index in [1.807, 2.05) is 25.1 Å². The second-order valence-electron chi connectivity index (χ2n) is 6.45. The van der Waals surface area contributed by atoms with Crippen molar-refractivity contribution in [2.24, 2.45) is 0 Å². The zero-order chi connectivity index (χ0) is 17.1. The van der Waals surface area contributed by atoms with Gasteiger partial charge in [0.1, 0.15) is 5.75 Å². The predicted octanol–water partition coefficient (Wildman–Crippen LogP) is 3.40. The lowest BCUT2D eigenvalue weighted by atomic mass is 9.97. The molecule has 2 aromatic heterocycles. The van der Waals surface area contributed by atoms with E-state index in [1.165, 1.54) is 6.39 Å².